The number of carbonyl (C=O) groups is 2. The molecule has 1 saturated heterocycles. The summed E-state index contributed by atoms with van der Waals surface area (Å²) in [7, 11) is 0. The summed E-state index contributed by atoms with van der Waals surface area (Å²) in [6.45, 7) is 4.55. The smallest absolute Gasteiger partial charge is 0.337 e. The van der Waals surface area contributed by atoms with E-state index in [2.05, 4.69) is 10.2 Å². The first kappa shape index (κ1) is 21.4. The maximum absolute atomic E-state index is 13.0. The van der Waals surface area contributed by atoms with E-state index in [0.29, 0.717) is 26.3 Å². The molecule has 0 atom stereocenters. The molecule has 0 unspecified atom stereocenters. The van der Waals surface area contributed by atoms with Gasteiger partial charge in [-0.05, 0) is 48.4 Å². The molecule has 3 aromatic rings. The Morgan fingerprint density at radius 3 is 2.28 bits per heavy atom. The summed E-state index contributed by atoms with van der Waals surface area (Å²) >= 11 is 0. The van der Waals surface area contributed by atoms with Crippen LogP contribution in [0.15, 0.2) is 60.7 Å². The summed E-state index contributed by atoms with van der Waals surface area (Å²) in [6.07, 6.45) is 0. The zero-order valence-electron chi connectivity index (χ0n) is 17.7. The molecule has 1 amide bonds. The van der Waals surface area contributed by atoms with Gasteiger partial charge in [-0.15, -0.1) is 0 Å². The minimum atomic E-state index is -1.15. The highest BCUT2D eigenvalue weighted by atomic mass is 16.5. The van der Waals surface area contributed by atoms with E-state index in [9.17, 15) is 19.8 Å². The van der Waals surface area contributed by atoms with E-state index in [4.69, 9.17) is 4.74 Å². The molecule has 0 aliphatic carbocycles. The Morgan fingerprint density at radius 2 is 1.59 bits per heavy atom. The molecule has 0 radical (unpaired) electrons. The Bertz CT molecular complexity index is 1150. The SMILES string of the molecule is Cc1ccc(-c2ccc(C(=O)O)c(NC(=O)c3cc(N4CCOCC4)ccc3O)c2)cc1. The fourth-order valence-corrected chi connectivity index (χ4v) is 3.67. The molecular weight excluding hydrogens is 408 g/mol. The second-order valence-electron chi connectivity index (χ2n) is 7.69. The number of hydrogen-bond donors (Lipinski definition) is 3. The van der Waals surface area contributed by atoms with E-state index < -0.39 is 11.9 Å². The number of nitrogens with zero attached hydrogens (tertiary/aromatic N) is 1. The molecule has 3 aromatic carbocycles. The Hall–Kier alpha value is -3.84. The lowest BCUT2D eigenvalue weighted by Crippen LogP contribution is -2.36. The molecule has 4 rings (SSSR count). The molecule has 3 N–H and O–H groups in total. The molecule has 32 heavy (non-hydrogen) atoms. The van der Waals surface area contributed by atoms with Crippen molar-refractivity contribution in [1.82, 2.24) is 0 Å². The summed E-state index contributed by atoms with van der Waals surface area (Å²) < 4.78 is 5.37. The normalized spacial score (nSPS) is 13.6. The lowest BCUT2D eigenvalue weighted by atomic mass is 10.0. The fraction of sp³-hybridized carbons (Fsp3) is 0.200. The first-order valence-corrected chi connectivity index (χ1v) is 10.3. The molecule has 7 heteroatoms. The van der Waals surface area contributed by atoms with Gasteiger partial charge in [0, 0.05) is 18.8 Å². The molecule has 1 aliphatic heterocycles. The molecule has 1 heterocycles. The summed E-state index contributed by atoms with van der Waals surface area (Å²) in [5.41, 5.74) is 3.79. The lowest BCUT2D eigenvalue weighted by Gasteiger charge is -2.29. The first-order valence-electron chi connectivity index (χ1n) is 10.3. The molecule has 1 fully saturated rings. The highest BCUT2D eigenvalue weighted by Crippen LogP contribution is 2.29. The van der Waals surface area contributed by atoms with Crippen LogP contribution in [0.2, 0.25) is 0 Å². The van der Waals surface area contributed by atoms with E-state index >= 15 is 0 Å². The van der Waals surface area contributed by atoms with Crippen LogP contribution in [-0.2, 0) is 4.74 Å². The Labute approximate surface area is 185 Å². The topological polar surface area (TPSA) is 99.1 Å². The quantitative estimate of drug-likeness (QED) is 0.560. The van der Waals surface area contributed by atoms with E-state index in [1.807, 2.05) is 31.2 Å². The van der Waals surface area contributed by atoms with Gasteiger partial charge in [-0.25, -0.2) is 4.79 Å². The largest absolute Gasteiger partial charge is 0.507 e. The number of carboxylic acid groups (broad SMARTS) is 1. The maximum Gasteiger partial charge on any atom is 0.337 e. The molecule has 7 nitrogen and oxygen atoms in total. The van der Waals surface area contributed by atoms with Crippen molar-refractivity contribution in [3.8, 4) is 16.9 Å². The number of carboxylic acids is 1. The second kappa shape index (κ2) is 9.11. The fourth-order valence-electron chi connectivity index (χ4n) is 3.67. The van der Waals surface area contributed by atoms with Gasteiger partial charge in [0.25, 0.3) is 5.91 Å². The number of rotatable bonds is 5. The van der Waals surface area contributed by atoms with Crippen LogP contribution in [0, 0.1) is 6.92 Å². The summed E-state index contributed by atoms with van der Waals surface area (Å²) in [5, 5.41) is 22.6. The van der Waals surface area contributed by atoms with Crippen molar-refractivity contribution in [2.45, 2.75) is 6.92 Å². The Balaban J connectivity index is 1.65. The molecule has 0 bridgehead atoms. The van der Waals surface area contributed by atoms with Crippen LogP contribution in [-0.4, -0.2) is 48.4 Å². The molecule has 0 aromatic heterocycles. The first-order chi connectivity index (χ1) is 15.4. The van der Waals surface area contributed by atoms with Crippen molar-refractivity contribution >= 4 is 23.3 Å². The van der Waals surface area contributed by atoms with E-state index in [1.165, 1.54) is 12.1 Å². The molecule has 0 spiro atoms. The minimum Gasteiger partial charge on any atom is -0.507 e. The van der Waals surface area contributed by atoms with Gasteiger partial charge in [0.05, 0.1) is 30.0 Å². The number of morpholine rings is 1. The molecule has 1 aliphatic rings. The van der Waals surface area contributed by atoms with Crippen LogP contribution >= 0.6 is 0 Å². The van der Waals surface area contributed by atoms with E-state index in [0.717, 1.165) is 22.4 Å². The predicted octanol–water partition coefficient (Wildman–Crippen LogP) is 4.15. The van der Waals surface area contributed by atoms with Gasteiger partial charge in [0.2, 0.25) is 0 Å². The number of amides is 1. The standard InChI is InChI=1S/C25H24N2O5/c1-16-2-4-17(5-3-16)18-6-8-20(25(30)31)22(14-18)26-24(29)21-15-19(7-9-23(21)28)27-10-12-32-13-11-27/h2-9,14-15,28H,10-13H2,1H3,(H,26,29)(H,30,31). The number of aromatic carboxylic acids is 1. The number of phenolic OH excluding ortho intramolecular Hbond substituents is 1. The Morgan fingerprint density at radius 1 is 0.906 bits per heavy atom. The number of phenols is 1. The third kappa shape index (κ3) is 4.58. The lowest BCUT2D eigenvalue weighted by molar-refractivity contribution is 0.0698. The molecular formula is C25H24N2O5. The van der Waals surface area contributed by atoms with Gasteiger partial charge in [-0.1, -0.05) is 35.9 Å². The summed E-state index contributed by atoms with van der Waals surface area (Å²) in [6, 6.07) is 17.5. The zero-order valence-corrected chi connectivity index (χ0v) is 17.7. The van der Waals surface area contributed by atoms with Crippen LogP contribution in [0.5, 0.6) is 5.75 Å². The maximum atomic E-state index is 13.0. The average Bonchev–Trinajstić information content (AvgIpc) is 2.80. The third-order valence-electron chi connectivity index (χ3n) is 5.48. The monoisotopic (exact) mass is 432 g/mol. The van der Waals surface area contributed by atoms with Crippen LogP contribution < -0.4 is 10.2 Å². The summed E-state index contributed by atoms with van der Waals surface area (Å²) in [5.74, 6) is -1.91. The van der Waals surface area contributed by atoms with Crippen molar-refractivity contribution in [2.75, 3.05) is 36.5 Å². The van der Waals surface area contributed by atoms with Crippen LogP contribution in [0.1, 0.15) is 26.3 Å². The van der Waals surface area contributed by atoms with Gasteiger partial charge in [0.15, 0.2) is 0 Å². The summed E-state index contributed by atoms with van der Waals surface area (Å²) in [4.78, 5) is 26.8. The number of hydrogen-bond acceptors (Lipinski definition) is 5. The van der Waals surface area contributed by atoms with E-state index in [1.54, 1.807) is 24.3 Å². The van der Waals surface area contributed by atoms with Crippen molar-refractivity contribution in [2.24, 2.45) is 0 Å². The second-order valence-corrected chi connectivity index (χ2v) is 7.69. The van der Waals surface area contributed by atoms with Gasteiger partial charge in [-0.3, -0.25) is 4.79 Å². The van der Waals surface area contributed by atoms with Crippen LogP contribution in [0.25, 0.3) is 11.1 Å². The number of anilines is 2. The minimum absolute atomic E-state index is 0.0296. The number of aromatic hydroxyl groups is 1. The van der Waals surface area contributed by atoms with E-state index in [-0.39, 0.29) is 22.6 Å². The van der Waals surface area contributed by atoms with Crippen molar-refractivity contribution in [3.05, 3.63) is 77.4 Å². The highest BCUT2D eigenvalue weighted by Gasteiger charge is 2.19. The molecule has 164 valence electrons. The van der Waals surface area contributed by atoms with Crippen LogP contribution in [0.3, 0.4) is 0 Å². The van der Waals surface area contributed by atoms with Crippen molar-refractivity contribution < 1.29 is 24.5 Å². The number of benzene rings is 3. The van der Waals surface area contributed by atoms with Gasteiger partial charge < -0.3 is 25.2 Å². The number of nitrogens with one attached hydrogen (secondary N) is 1. The molecule has 0 saturated carbocycles. The number of ether oxygens (including phenoxy) is 1. The van der Waals surface area contributed by atoms with Crippen LogP contribution in [0.4, 0.5) is 11.4 Å². The zero-order chi connectivity index (χ0) is 22.7. The van der Waals surface area contributed by atoms with Gasteiger partial charge in [-0.2, -0.15) is 0 Å². The van der Waals surface area contributed by atoms with Crippen molar-refractivity contribution in [1.29, 1.82) is 0 Å². The highest BCUT2D eigenvalue weighted by molar-refractivity contribution is 6.10. The number of aryl methyl sites for hydroxylation is 1. The number of carbonyl (C=O) groups excluding carboxylic acids is 1. The van der Waals surface area contributed by atoms with Gasteiger partial charge in [0.1, 0.15) is 5.75 Å². The Kier molecular flexibility index (Phi) is 6.09. The van der Waals surface area contributed by atoms with Crippen molar-refractivity contribution in [3.63, 3.8) is 0 Å². The van der Waals surface area contributed by atoms with Gasteiger partial charge >= 0.3 is 5.97 Å². The average molecular weight is 432 g/mol. The predicted molar refractivity (Wildman–Crippen MR) is 123 cm³/mol. The third-order valence-corrected chi connectivity index (χ3v) is 5.48.